The van der Waals surface area contributed by atoms with E-state index in [1.54, 1.807) is 0 Å². The summed E-state index contributed by atoms with van der Waals surface area (Å²) >= 11 is 0. The zero-order chi connectivity index (χ0) is 73.1. The van der Waals surface area contributed by atoms with Crippen molar-refractivity contribution in [3.63, 3.8) is 0 Å². The quantitative estimate of drug-likeness (QED) is 0.0222. The van der Waals surface area contributed by atoms with E-state index in [-0.39, 0.29) is 25.7 Å². The molecule has 0 fully saturated rings. The number of carbonyl (C=O) groups is 4. The summed E-state index contributed by atoms with van der Waals surface area (Å²) < 4.78 is 68.6. The van der Waals surface area contributed by atoms with E-state index >= 15 is 0 Å². The Morgan fingerprint density at radius 3 is 0.717 bits per heavy atom. The van der Waals surface area contributed by atoms with Gasteiger partial charge < -0.3 is 33.8 Å². The monoisotopic (exact) mass is 1450 g/mol. The van der Waals surface area contributed by atoms with E-state index in [2.05, 4.69) is 55.4 Å². The zero-order valence-electron chi connectivity index (χ0n) is 65.1. The number of unbranched alkanes of at least 4 members (excludes halogenated alkanes) is 41. The molecule has 0 aromatic carbocycles. The van der Waals surface area contributed by atoms with Crippen molar-refractivity contribution in [1.82, 2.24) is 0 Å². The molecule has 0 amide bonds. The van der Waals surface area contributed by atoms with Crippen LogP contribution in [0.5, 0.6) is 0 Å². The number of phosphoric ester groups is 2. The van der Waals surface area contributed by atoms with Gasteiger partial charge in [-0.1, -0.05) is 357 Å². The molecule has 0 radical (unpaired) electrons. The lowest BCUT2D eigenvalue weighted by molar-refractivity contribution is -0.161. The molecule has 3 N–H and O–H groups in total. The molecular formula is C80H156O17P2. The standard InChI is InChI=1S/C80H156O17P2/c1-9-72(7)58-50-42-36-38-45-53-61-78(83)91-67-75(96-79(84)62-54-46-35-31-27-23-19-15-17-21-25-29-33-41-49-57-71(5)6)68-94-98(86,87)92-64-74(81)65-93-99(88,89)95-69-76(97-80(85)63-55-47-39-37-43-51-59-73(8)10-2)66-90-77(82)60-52-44-34-30-26-22-18-14-12-11-13-16-20-24-28-32-40-48-56-70(3)4/h70-76,81H,9-69H2,1-8H3,(H,86,87)(H,88,89)/t72?,73?,74-,75+,76+/m0/s1. The van der Waals surface area contributed by atoms with Crippen LogP contribution in [0.3, 0.4) is 0 Å². The molecule has 0 aromatic heterocycles. The van der Waals surface area contributed by atoms with Crippen LogP contribution in [0.15, 0.2) is 0 Å². The van der Waals surface area contributed by atoms with Crippen LogP contribution in [0.25, 0.3) is 0 Å². The molecule has 7 atom stereocenters. The fourth-order valence-electron chi connectivity index (χ4n) is 12.2. The van der Waals surface area contributed by atoms with Crippen molar-refractivity contribution in [2.75, 3.05) is 39.6 Å². The van der Waals surface area contributed by atoms with E-state index in [1.165, 1.54) is 205 Å². The summed E-state index contributed by atoms with van der Waals surface area (Å²) in [4.78, 5) is 72.9. The van der Waals surface area contributed by atoms with Crippen molar-refractivity contribution in [1.29, 1.82) is 0 Å². The second-order valence-electron chi connectivity index (χ2n) is 30.2. The first kappa shape index (κ1) is 97.1. The van der Waals surface area contributed by atoms with Gasteiger partial charge in [0, 0.05) is 25.7 Å². The number of carbonyl (C=O) groups excluding carboxylic acids is 4. The topological polar surface area (TPSA) is 237 Å². The highest BCUT2D eigenvalue weighted by molar-refractivity contribution is 7.47. The van der Waals surface area contributed by atoms with Gasteiger partial charge in [-0.2, -0.15) is 0 Å². The van der Waals surface area contributed by atoms with Crippen LogP contribution in [-0.2, 0) is 65.4 Å². The van der Waals surface area contributed by atoms with Gasteiger partial charge in [0.15, 0.2) is 12.2 Å². The minimum atomic E-state index is -4.96. The number of esters is 4. The van der Waals surface area contributed by atoms with Crippen molar-refractivity contribution in [3.8, 4) is 0 Å². The van der Waals surface area contributed by atoms with Crippen LogP contribution in [0.4, 0.5) is 0 Å². The Morgan fingerprint density at radius 1 is 0.283 bits per heavy atom. The maximum atomic E-state index is 13.1. The molecule has 0 spiro atoms. The van der Waals surface area contributed by atoms with Crippen molar-refractivity contribution < 1.29 is 80.2 Å². The molecule has 0 aliphatic carbocycles. The van der Waals surface area contributed by atoms with Gasteiger partial charge in [0.1, 0.15) is 19.3 Å². The number of hydrogen-bond donors (Lipinski definition) is 3. The van der Waals surface area contributed by atoms with Crippen LogP contribution in [0.2, 0.25) is 0 Å². The highest BCUT2D eigenvalue weighted by Gasteiger charge is 2.30. The molecule has 0 bridgehead atoms. The molecule has 0 aromatic rings. The fourth-order valence-corrected chi connectivity index (χ4v) is 13.8. The minimum absolute atomic E-state index is 0.103. The van der Waals surface area contributed by atoms with Crippen LogP contribution in [-0.4, -0.2) is 96.7 Å². The predicted octanol–water partition coefficient (Wildman–Crippen LogP) is 23.6. The van der Waals surface area contributed by atoms with Gasteiger partial charge in [-0.15, -0.1) is 0 Å². The Labute approximate surface area is 607 Å². The molecule has 0 saturated carbocycles. The van der Waals surface area contributed by atoms with Gasteiger partial charge in [0.2, 0.25) is 0 Å². The van der Waals surface area contributed by atoms with E-state index in [9.17, 15) is 43.2 Å². The lowest BCUT2D eigenvalue weighted by atomic mass is 10.00. The van der Waals surface area contributed by atoms with Gasteiger partial charge in [-0.25, -0.2) is 9.13 Å². The van der Waals surface area contributed by atoms with Crippen molar-refractivity contribution in [2.45, 2.75) is 427 Å². The number of aliphatic hydroxyl groups excluding tert-OH is 1. The minimum Gasteiger partial charge on any atom is -0.462 e. The average molecular weight is 1450 g/mol. The van der Waals surface area contributed by atoms with E-state index in [1.807, 2.05) is 0 Å². The second-order valence-corrected chi connectivity index (χ2v) is 33.1. The Hall–Kier alpha value is -1.94. The predicted molar refractivity (Wildman–Crippen MR) is 404 cm³/mol. The molecule has 4 unspecified atom stereocenters. The smallest absolute Gasteiger partial charge is 0.462 e. The summed E-state index contributed by atoms with van der Waals surface area (Å²) in [6, 6.07) is 0. The van der Waals surface area contributed by atoms with Crippen molar-refractivity contribution >= 4 is 39.5 Å². The van der Waals surface area contributed by atoms with Crippen LogP contribution in [0.1, 0.15) is 409 Å². The van der Waals surface area contributed by atoms with Gasteiger partial charge in [-0.3, -0.25) is 37.3 Å². The maximum absolute atomic E-state index is 13.1. The highest BCUT2D eigenvalue weighted by atomic mass is 31.2. The van der Waals surface area contributed by atoms with Gasteiger partial charge in [0.05, 0.1) is 26.4 Å². The Balaban J connectivity index is 5.14. The molecule has 19 heteroatoms. The Bertz CT molecular complexity index is 1940. The molecule has 0 aliphatic rings. The Morgan fingerprint density at radius 2 is 0.485 bits per heavy atom. The van der Waals surface area contributed by atoms with Crippen LogP contribution < -0.4 is 0 Å². The summed E-state index contributed by atoms with van der Waals surface area (Å²) in [6.45, 7) is 14.2. The van der Waals surface area contributed by atoms with Crippen molar-refractivity contribution in [3.05, 3.63) is 0 Å². The van der Waals surface area contributed by atoms with Gasteiger partial charge in [-0.05, 0) is 49.4 Å². The third-order valence-electron chi connectivity index (χ3n) is 19.3. The molecule has 99 heavy (non-hydrogen) atoms. The molecular weight excluding hydrogens is 1290 g/mol. The summed E-state index contributed by atoms with van der Waals surface area (Å²) in [5.74, 6) is 0.956. The molecule has 0 aliphatic heterocycles. The fraction of sp³-hybridized carbons (Fsp3) is 0.950. The van der Waals surface area contributed by atoms with Gasteiger partial charge in [0.25, 0.3) is 0 Å². The normalized spacial score (nSPS) is 14.6. The number of aliphatic hydroxyl groups is 1. The van der Waals surface area contributed by atoms with E-state index in [0.29, 0.717) is 25.7 Å². The molecule has 0 heterocycles. The third kappa shape index (κ3) is 71.5. The van der Waals surface area contributed by atoms with Crippen LogP contribution >= 0.6 is 15.6 Å². The van der Waals surface area contributed by atoms with Crippen LogP contribution in [0, 0.1) is 23.7 Å². The molecule has 0 saturated heterocycles. The largest absolute Gasteiger partial charge is 0.472 e. The summed E-state index contributed by atoms with van der Waals surface area (Å²) in [5, 5.41) is 10.6. The first-order chi connectivity index (χ1) is 47.7. The van der Waals surface area contributed by atoms with Gasteiger partial charge >= 0.3 is 39.5 Å². The maximum Gasteiger partial charge on any atom is 0.472 e. The van der Waals surface area contributed by atoms with E-state index in [0.717, 1.165) is 120 Å². The SMILES string of the molecule is CCC(C)CCCCCCCCC(=O)OC[C@H](COP(=O)(O)OC[C@H](O)COP(=O)(O)OC[C@@H](COC(=O)CCCCCCCCCCCCCCCCCCCCC(C)C)OC(=O)CCCCCCCCC(C)CC)OC(=O)CCCCCCCCCCCCCCCCCC(C)C. The lowest BCUT2D eigenvalue weighted by Crippen LogP contribution is -2.30. The van der Waals surface area contributed by atoms with E-state index < -0.39 is 97.5 Å². The number of hydrogen-bond acceptors (Lipinski definition) is 15. The molecule has 0 rings (SSSR count). The summed E-state index contributed by atoms with van der Waals surface area (Å²) in [7, 11) is -9.92. The third-order valence-corrected chi connectivity index (χ3v) is 21.2. The zero-order valence-corrected chi connectivity index (χ0v) is 66.9. The number of rotatable bonds is 77. The van der Waals surface area contributed by atoms with E-state index in [4.69, 9.17) is 37.0 Å². The summed E-state index contributed by atoms with van der Waals surface area (Å²) in [5.41, 5.74) is 0. The molecule has 588 valence electrons. The first-order valence-corrected chi connectivity index (χ1v) is 44.3. The second kappa shape index (κ2) is 69.1. The highest BCUT2D eigenvalue weighted by Crippen LogP contribution is 2.45. The first-order valence-electron chi connectivity index (χ1n) is 41.3. The number of ether oxygens (including phenoxy) is 4. The lowest BCUT2D eigenvalue weighted by Gasteiger charge is -2.21. The number of phosphoric acid groups is 2. The summed E-state index contributed by atoms with van der Waals surface area (Å²) in [6.07, 6.45) is 55.8. The average Bonchev–Trinajstić information content (AvgIpc) is 1.36. The van der Waals surface area contributed by atoms with Crippen molar-refractivity contribution in [2.24, 2.45) is 23.7 Å². The molecule has 17 nitrogen and oxygen atoms in total. The Kier molecular flexibility index (Phi) is 67.8.